The van der Waals surface area contributed by atoms with Gasteiger partial charge in [0.2, 0.25) is 0 Å². The Morgan fingerprint density at radius 1 is 0.977 bits per heavy atom. The van der Waals surface area contributed by atoms with Crippen LogP contribution in [0.4, 0.5) is 30.2 Å². The van der Waals surface area contributed by atoms with Gasteiger partial charge in [0.15, 0.2) is 5.17 Å². The molecule has 1 heterocycles. The summed E-state index contributed by atoms with van der Waals surface area (Å²) >= 11 is 1.13. The number of amides is 1. The molecule has 1 aliphatic carbocycles. The number of alkyl halides is 3. The van der Waals surface area contributed by atoms with E-state index in [0.717, 1.165) is 41.7 Å². The average Bonchev–Trinajstić information content (AvgIpc) is 3.32. The SMILES string of the molecule is CN(Cc1ccc(C2CCCCC2)cc1)c1ccc(/C=C2/SC(=Nc3ccc(NS(=O)(=O)C(F)(F)F)cc3)NC2=O)cc1. The van der Waals surface area contributed by atoms with Crippen molar-refractivity contribution in [1.82, 2.24) is 5.32 Å². The molecule has 0 spiro atoms. The van der Waals surface area contributed by atoms with Crippen LogP contribution in [-0.4, -0.2) is 32.0 Å². The zero-order valence-electron chi connectivity index (χ0n) is 23.4. The number of hydrogen-bond acceptors (Lipinski definition) is 6. The summed E-state index contributed by atoms with van der Waals surface area (Å²) in [5.41, 5.74) is -0.772. The first-order valence-corrected chi connectivity index (χ1v) is 16.2. The standard InChI is InChI=1S/C31H31F3N4O3S2/c1-38(20-22-7-11-24(12-8-22)23-5-3-2-4-6-23)27-17-9-21(10-18-27)19-28-29(39)36-30(42-28)35-25-13-15-26(16-14-25)37-43(40,41)31(32,33)34/h7-19,23,37H,2-6,20H2,1H3,(H,35,36,39)/b28-19+. The number of sulfonamides is 1. The fourth-order valence-electron chi connectivity index (χ4n) is 5.09. The highest BCUT2D eigenvalue weighted by atomic mass is 32.2. The van der Waals surface area contributed by atoms with Crippen LogP contribution in [0.15, 0.2) is 82.7 Å². The van der Waals surface area contributed by atoms with Gasteiger partial charge in [0.25, 0.3) is 5.91 Å². The van der Waals surface area contributed by atoms with Gasteiger partial charge < -0.3 is 10.2 Å². The molecule has 3 aromatic carbocycles. The topological polar surface area (TPSA) is 90.9 Å². The molecule has 0 bridgehead atoms. The van der Waals surface area contributed by atoms with Crippen molar-refractivity contribution >= 4 is 56.0 Å². The molecule has 2 fully saturated rings. The average molecular weight is 629 g/mol. The number of nitrogens with one attached hydrogen (secondary N) is 2. The number of halogens is 3. The van der Waals surface area contributed by atoms with Gasteiger partial charge in [0.1, 0.15) is 0 Å². The highest BCUT2D eigenvalue weighted by Crippen LogP contribution is 2.33. The van der Waals surface area contributed by atoms with E-state index in [9.17, 15) is 26.4 Å². The molecular weight excluding hydrogens is 597 g/mol. The fourth-order valence-corrected chi connectivity index (χ4v) is 6.49. The second-order valence-electron chi connectivity index (χ2n) is 10.6. The number of amidine groups is 1. The smallest absolute Gasteiger partial charge is 0.370 e. The molecule has 3 aromatic rings. The summed E-state index contributed by atoms with van der Waals surface area (Å²) in [5.74, 6) is 0.368. The predicted octanol–water partition coefficient (Wildman–Crippen LogP) is 7.52. The third kappa shape index (κ3) is 7.80. The maximum atomic E-state index is 12.6. The lowest BCUT2D eigenvalue weighted by atomic mass is 9.84. The lowest BCUT2D eigenvalue weighted by Crippen LogP contribution is -2.29. The van der Waals surface area contributed by atoms with E-state index >= 15 is 0 Å². The lowest BCUT2D eigenvalue weighted by molar-refractivity contribution is -0.115. The van der Waals surface area contributed by atoms with E-state index < -0.39 is 15.5 Å². The van der Waals surface area contributed by atoms with Crippen molar-refractivity contribution in [2.24, 2.45) is 4.99 Å². The normalized spacial score (nSPS) is 18.2. The molecule has 2 aliphatic rings. The molecule has 12 heteroatoms. The van der Waals surface area contributed by atoms with Crippen molar-refractivity contribution in [3.8, 4) is 0 Å². The first kappa shape index (κ1) is 30.7. The van der Waals surface area contributed by atoms with Crippen molar-refractivity contribution in [2.75, 3.05) is 16.7 Å². The zero-order valence-corrected chi connectivity index (χ0v) is 25.0. The minimum Gasteiger partial charge on any atom is -0.370 e. The van der Waals surface area contributed by atoms with Gasteiger partial charge in [-0.3, -0.25) is 9.52 Å². The van der Waals surface area contributed by atoms with E-state index in [2.05, 4.69) is 39.5 Å². The highest BCUT2D eigenvalue weighted by Gasteiger charge is 2.46. The summed E-state index contributed by atoms with van der Waals surface area (Å²) in [6.45, 7) is 0.776. The molecule has 1 saturated heterocycles. The van der Waals surface area contributed by atoms with Crippen molar-refractivity contribution in [1.29, 1.82) is 0 Å². The van der Waals surface area contributed by atoms with Crippen molar-refractivity contribution < 1.29 is 26.4 Å². The molecule has 0 radical (unpaired) electrons. The summed E-state index contributed by atoms with van der Waals surface area (Å²) in [6, 6.07) is 21.9. The number of aliphatic imine (C=N–C) groups is 1. The van der Waals surface area contributed by atoms with Gasteiger partial charge in [-0.25, -0.2) is 4.99 Å². The number of rotatable bonds is 8. The largest absolute Gasteiger partial charge is 0.516 e. The van der Waals surface area contributed by atoms with Crippen LogP contribution in [0.2, 0.25) is 0 Å². The fraction of sp³-hybridized carbons (Fsp3) is 0.290. The molecule has 2 N–H and O–H groups in total. The molecule has 0 unspecified atom stereocenters. The molecule has 0 atom stereocenters. The Hall–Kier alpha value is -3.77. The molecular formula is C31H31F3N4O3S2. The molecule has 43 heavy (non-hydrogen) atoms. The number of hydrogen-bond donors (Lipinski definition) is 2. The van der Waals surface area contributed by atoms with Gasteiger partial charge in [0.05, 0.1) is 10.6 Å². The van der Waals surface area contributed by atoms with Gasteiger partial charge in [-0.1, -0.05) is 55.7 Å². The first-order valence-electron chi connectivity index (χ1n) is 13.9. The van der Waals surface area contributed by atoms with E-state index in [1.807, 2.05) is 31.3 Å². The second-order valence-corrected chi connectivity index (χ2v) is 13.3. The van der Waals surface area contributed by atoms with Gasteiger partial charge in [-0.05, 0) is 89.7 Å². The number of nitrogens with zero attached hydrogens (tertiary/aromatic N) is 2. The molecule has 1 saturated carbocycles. The van der Waals surface area contributed by atoms with E-state index in [0.29, 0.717) is 21.7 Å². The Kier molecular flexibility index (Phi) is 9.16. The minimum atomic E-state index is -5.51. The molecule has 0 aromatic heterocycles. The second kappa shape index (κ2) is 12.8. The summed E-state index contributed by atoms with van der Waals surface area (Å²) in [4.78, 5) is 19.4. The Morgan fingerprint density at radius 2 is 1.63 bits per heavy atom. The number of carbonyl (C=O) groups excluding carboxylic acids is 1. The molecule has 7 nitrogen and oxygen atoms in total. The van der Waals surface area contributed by atoms with Crippen LogP contribution in [0, 0.1) is 0 Å². The van der Waals surface area contributed by atoms with Crippen molar-refractivity contribution in [3.63, 3.8) is 0 Å². The van der Waals surface area contributed by atoms with Crippen LogP contribution in [-0.2, 0) is 21.4 Å². The van der Waals surface area contributed by atoms with E-state index in [-0.39, 0.29) is 11.6 Å². The number of benzene rings is 3. The number of anilines is 2. The van der Waals surface area contributed by atoms with Gasteiger partial charge in [-0.2, -0.15) is 21.6 Å². The van der Waals surface area contributed by atoms with E-state index in [4.69, 9.17) is 0 Å². The van der Waals surface area contributed by atoms with Crippen LogP contribution in [0.5, 0.6) is 0 Å². The van der Waals surface area contributed by atoms with Gasteiger partial charge in [0, 0.05) is 25.0 Å². The summed E-state index contributed by atoms with van der Waals surface area (Å²) in [5, 5.41) is 2.96. The highest BCUT2D eigenvalue weighted by molar-refractivity contribution is 8.18. The minimum absolute atomic E-state index is 0.258. The Bertz CT molecular complexity index is 1610. The maximum Gasteiger partial charge on any atom is 0.516 e. The summed E-state index contributed by atoms with van der Waals surface area (Å²) in [6.07, 6.45) is 8.32. The monoisotopic (exact) mass is 628 g/mol. The van der Waals surface area contributed by atoms with Crippen LogP contribution >= 0.6 is 11.8 Å². The quantitative estimate of drug-likeness (QED) is 0.252. The van der Waals surface area contributed by atoms with Crippen LogP contribution in [0.1, 0.15) is 54.7 Å². The van der Waals surface area contributed by atoms with E-state index in [1.54, 1.807) is 6.08 Å². The molecule has 1 amide bonds. The van der Waals surface area contributed by atoms with Crippen LogP contribution in [0.25, 0.3) is 6.08 Å². The molecule has 5 rings (SSSR count). The van der Waals surface area contributed by atoms with E-state index in [1.165, 1.54) is 60.1 Å². The predicted molar refractivity (Wildman–Crippen MR) is 167 cm³/mol. The lowest BCUT2D eigenvalue weighted by Gasteiger charge is -2.23. The Morgan fingerprint density at radius 3 is 2.26 bits per heavy atom. The zero-order chi connectivity index (χ0) is 30.6. The van der Waals surface area contributed by atoms with Gasteiger partial charge >= 0.3 is 15.5 Å². The maximum absolute atomic E-state index is 12.6. The Labute approximate surface area is 253 Å². The summed E-state index contributed by atoms with van der Waals surface area (Å²) < 4.78 is 61.7. The van der Waals surface area contributed by atoms with Gasteiger partial charge in [-0.15, -0.1) is 0 Å². The summed E-state index contributed by atoms with van der Waals surface area (Å²) in [7, 11) is -3.47. The third-order valence-corrected chi connectivity index (χ3v) is 9.44. The van der Waals surface area contributed by atoms with Crippen LogP contribution in [0.3, 0.4) is 0 Å². The van der Waals surface area contributed by atoms with Crippen LogP contribution < -0.4 is 14.9 Å². The molecule has 226 valence electrons. The Balaban J connectivity index is 1.18. The van der Waals surface area contributed by atoms with Crippen molar-refractivity contribution in [3.05, 3.63) is 94.4 Å². The van der Waals surface area contributed by atoms with Crippen molar-refractivity contribution in [2.45, 2.75) is 50.1 Å². The first-order chi connectivity index (χ1) is 20.5. The molecule has 1 aliphatic heterocycles. The third-order valence-electron chi connectivity index (χ3n) is 7.41. The number of carbonyl (C=O) groups is 1. The number of thioether (sulfide) groups is 1.